The molecule has 1 N–H and O–H groups in total. The van der Waals surface area contributed by atoms with Gasteiger partial charge in [-0.1, -0.05) is 89.5 Å². The Morgan fingerprint density at radius 3 is 1.54 bits per heavy atom. The van der Waals surface area contributed by atoms with Crippen molar-refractivity contribution < 1.29 is 43.8 Å². The van der Waals surface area contributed by atoms with Crippen molar-refractivity contribution in [2.75, 3.05) is 0 Å². The van der Waals surface area contributed by atoms with E-state index in [0.717, 1.165) is 51.4 Å². The van der Waals surface area contributed by atoms with Gasteiger partial charge in [0.15, 0.2) is 0 Å². The summed E-state index contributed by atoms with van der Waals surface area (Å²) in [4.78, 5) is 0. The summed E-state index contributed by atoms with van der Waals surface area (Å²) in [6.45, 7) is 3.49. The minimum absolute atomic E-state index is 0.0628. The fourth-order valence-electron chi connectivity index (χ4n) is 4.13. The van der Waals surface area contributed by atoms with Crippen LogP contribution in [-0.4, -0.2) is 31.1 Å². The third-order valence-corrected chi connectivity index (χ3v) is 7.85. The highest BCUT2D eigenvalue weighted by Gasteiger charge is 2.71. The summed E-state index contributed by atoms with van der Waals surface area (Å²) < 4.78 is 113. The molecule has 0 saturated heterocycles. The zero-order valence-corrected chi connectivity index (χ0v) is 20.9. The van der Waals surface area contributed by atoms with E-state index in [2.05, 4.69) is 0 Å². The Bertz CT molecular complexity index is 835. The SMILES string of the molecule is CCC(CCCCCCCCCCC(C)c1ccc(C(O)(C(F)(F)F)C(F)(F)F)cc1)S(=O)(=O)F. The van der Waals surface area contributed by atoms with Crippen LogP contribution in [0.1, 0.15) is 102 Å². The van der Waals surface area contributed by atoms with Gasteiger partial charge in [-0.15, -0.1) is 3.89 Å². The lowest BCUT2D eigenvalue weighted by Gasteiger charge is -2.32. The van der Waals surface area contributed by atoms with E-state index in [0.29, 0.717) is 30.5 Å². The van der Waals surface area contributed by atoms with Crippen molar-refractivity contribution in [3.8, 4) is 0 Å². The van der Waals surface area contributed by atoms with Gasteiger partial charge in [0.25, 0.3) is 5.60 Å². The second kappa shape index (κ2) is 13.3. The van der Waals surface area contributed by atoms with E-state index in [9.17, 15) is 43.8 Å². The van der Waals surface area contributed by atoms with E-state index in [1.807, 2.05) is 6.92 Å². The Hall–Kier alpha value is -1.36. The summed E-state index contributed by atoms with van der Waals surface area (Å²) in [7, 11) is -4.47. The Morgan fingerprint density at radius 1 is 0.771 bits per heavy atom. The van der Waals surface area contributed by atoms with Crippen molar-refractivity contribution in [2.45, 2.75) is 114 Å². The van der Waals surface area contributed by atoms with Crippen LogP contribution in [0.3, 0.4) is 0 Å². The van der Waals surface area contributed by atoms with Gasteiger partial charge in [-0.3, -0.25) is 0 Å². The summed E-state index contributed by atoms with van der Waals surface area (Å²) in [5.41, 5.74) is -5.57. The van der Waals surface area contributed by atoms with Crippen molar-refractivity contribution in [2.24, 2.45) is 0 Å². The molecule has 3 nitrogen and oxygen atoms in total. The normalized spacial score (nSPS) is 15.3. The lowest BCUT2D eigenvalue weighted by atomic mass is 9.88. The molecule has 0 heterocycles. The van der Waals surface area contributed by atoms with Gasteiger partial charge in [-0.2, -0.15) is 34.8 Å². The molecule has 35 heavy (non-hydrogen) atoms. The molecule has 0 amide bonds. The monoisotopic (exact) mass is 536 g/mol. The fraction of sp³-hybridized carbons (Fsp3) is 0.750. The number of rotatable bonds is 15. The van der Waals surface area contributed by atoms with Crippen molar-refractivity contribution in [1.29, 1.82) is 0 Å². The molecular weight excluding hydrogens is 501 g/mol. The average molecular weight is 537 g/mol. The molecule has 11 heteroatoms. The van der Waals surface area contributed by atoms with Crippen LogP contribution in [0.25, 0.3) is 0 Å². The average Bonchev–Trinajstić information content (AvgIpc) is 2.74. The Labute approximate surface area is 203 Å². The van der Waals surface area contributed by atoms with Gasteiger partial charge in [0.2, 0.25) is 0 Å². The predicted molar refractivity (Wildman–Crippen MR) is 121 cm³/mol. The zero-order valence-electron chi connectivity index (χ0n) is 20.1. The molecular formula is C24H35F7O3S. The van der Waals surface area contributed by atoms with E-state index >= 15 is 0 Å². The van der Waals surface area contributed by atoms with Crippen molar-refractivity contribution >= 4 is 10.2 Å². The number of unbranched alkanes of at least 4 members (excludes halogenated alkanes) is 7. The van der Waals surface area contributed by atoms with Crippen LogP contribution in [0.5, 0.6) is 0 Å². The van der Waals surface area contributed by atoms with Crippen LogP contribution >= 0.6 is 0 Å². The number of hydrogen-bond acceptors (Lipinski definition) is 3. The van der Waals surface area contributed by atoms with Crippen LogP contribution < -0.4 is 0 Å². The number of halogens is 7. The summed E-state index contributed by atoms with van der Waals surface area (Å²) in [6.07, 6.45) is -3.28. The molecule has 1 aromatic rings. The first-order chi connectivity index (χ1) is 16.1. The highest BCUT2D eigenvalue weighted by Crippen LogP contribution is 2.50. The highest BCUT2D eigenvalue weighted by atomic mass is 32.3. The van der Waals surface area contributed by atoms with Gasteiger partial charge in [0.05, 0.1) is 5.25 Å². The second-order valence-electron chi connectivity index (χ2n) is 9.14. The smallest absolute Gasteiger partial charge is 0.369 e. The zero-order chi connectivity index (χ0) is 26.9. The van der Waals surface area contributed by atoms with E-state index < -0.39 is 39.0 Å². The van der Waals surface area contributed by atoms with Crippen molar-refractivity contribution in [3.05, 3.63) is 35.4 Å². The van der Waals surface area contributed by atoms with Gasteiger partial charge in [0, 0.05) is 5.56 Å². The number of hydrogen-bond donors (Lipinski definition) is 1. The maximum Gasteiger partial charge on any atom is 0.430 e. The molecule has 1 aromatic carbocycles. The molecule has 0 aliphatic carbocycles. The summed E-state index contributed by atoms with van der Waals surface area (Å²) in [5, 5.41) is 8.54. The van der Waals surface area contributed by atoms with Crippen molar-refractivity contribution in [1.82, 2.24) is 0 Å². The predicted octanol–water partition coefficient (Wildman–Crippen LogP) is 8.08. The molecule has 204 valence electrons. The van der Waals surface area contributed by atoms with Gasteiger partial charge in [-0.25, -0.2) is 0 Å². The molecule has 0 aliphatic rings. The number of aliphatic hydroxyl groups is 1. The third-order valence-electron chi connectivity index (χ3n) is 6.48. The Balaban J connectivity index is 2.35. The van der Waals surface area contributed by atoms with E-state index in [1.54, 1.807) is 6.92 Å². The molecule has 0 fully saturated rings. The Kier molecular flexibility index (Phi) is 12.0. The first kappa shape index (κ1) is 31.7. The maximum atomic E-state index is 13.0. The van der Waals surface area contributed by atoms with Crippen LogP contribution in [0.15, 0.2) is 24.3 Å². The number of alkyl halides is 6. The molecule has 0 radical (unpaired) electrons. The minimum Gasteiger partial charge on any atom is -0.369 e. The first-order valence-corrected chi connectivity index (χ1v) is 13.4. The van der Waals surface area contributed by atoms with Crippen LogP contribution in [0.2, 0.25) is 0 Å². The van der Waals surface area contributed by atoms with Crippen LogP contribution in [-0.2, 0) is 15.8 Å². The van der Waals surface area contributed by atoms with E-state index in [1.165, 1.54) is 12.1 Å². The van der Waals surface area contributed by atoms with E-state index in [-0.39, 0.29) is 12.3 Å². The number of benzene rings is 1. The fourth-order valence-corrected chi connectivity index (χ4v) is 4.98. The van der Waals surface area contributed by atoms with Gasteiger partial charge >= 0.3 is 22.6 Å². The molecule has 2 atom stereocenters. The molecule has 0 saturated carbocycles. The first-order valence-electron chi connectivity index (χ1n) is 12.0. The largest absolute Gasteiger partial charge is 0.430 e. The maximum absolute atomic E-state index is 13.0. The van der Waals surface area contributed by atoms with Gasteiger partial charge < -0.3 is 5.11 Å². The molecule has 1 rings (SSSR count). The van der Waals surface area contributed by atoms with Gasteiger partial charge in [-0.05, 0) is 30.7 Å². The standard InChI is InChI=1S/C24H35F7O3S/c1-3-21(35(31,33)34)13-11-9-7-5-4-6-8-10-12-18(2)19-14-16-20(17-15-19)22(32,23(25,26)27)24(28,29)30/h14-18,21,32H,3-13H2,1-2H3. The van der Waals surface area contributed by atoms with Crippen molar-refractivity contribution in [3.63, 3.8) is 0 Å². The minimum atomic E-state index is -5.90. The lowest BCUT2D eigenvalue weighted by Crippen LogP contribution is -2.53. The van der Waals surface area contributed by atoms with E-state index in [4.69, 9.17) is 0 Å². The second-order valence-corrected chi connectivity index (χ2v) is 10.8. The van der Waals surface area contributed by atoms with Crippen LogP contribution in [0, 0.1) is 0 Å². The summed E-state index contributed by atoms with van der Waals surface area (Å²) in [5.74, 6) is -0.0628. The quantitative estimate of drug-likeness (QED) is 0.140. The topological polar surface area (TPSA) is 54.4 Å². The molecule has 0 bridgehead atoms. The molecule has 0 aliphatic heterocycles. The summed E-state index contributed by atoms with van der Waals surface area (Å²) >= 11 is 0. The molecule has 2 unspecified atom stereocenters. The third kappa shape index (κ3) is 9.22. The van der Waals surface area contributed by atoms with Gasteiger partial charge in [0.1, 0.15) is 0 Å². The molecule has 0 aromatic heterocycles. The molecule has 0 spiro atoms. The van der Waals surface area contributed by atoms with Crippen LogP contribution in [0.4, 0.5) is 30.2 Å². The lowest BCUT2D eigenvalue weighted by molar-refractivity contribution is -0.376. The highest BCUT2D eigenvalue weighted by molar-refractivity contribution is 7.87. The Morgan fingerprint density at radius 2 is 1.17 bits per heavy atom. The summed E-state index contributed by atoms with van der Waals surface area (Å²) in [6, 6.07) is 3.75.